The van der Waals surface area contributed by atoms with E-state index >= 15 is 0 Å². The Hall–Kier alpha value is -1.06. The minimum atomic E-state index is -1.04. The number of aliphatic carboxylic acids is 1. The van der Waals surface area contributed by atoms with Crippen molar-refractivity contribution in [2.45, 2.75) is 66.3 Å². The summed E-state index contributed by atoms with van der Waals surface area (Å²) >= 11 is 0. The first-order chi connectivity index (χ1) is 8.55. The van der Waals surface area contributed by atoms with Crippen molar-refractivity contribution in [3.05, 3.63) is 0 Å². The van der Waals surface area contributed by atoms with E-state index in [9.17, 15) is 14.7 Å². The van der Waals surface area contributed by atoms with Crippen LogP contribution in [0.4, 0.5) is 0 Å². The van der Waals surface area contributed by atoms with E-state index < -0.39 is 17.3 Å². The zero-order valence-corrected chi connectivity index (χ0v) is 12.7. The van der Waals surface area contributed by atoms with Gasteiger partial charge in [0.2, 0.25) is 5.91 Å². The van der Waals surface area contributed by atoms with Crippen LogP contribution in [0.3, 0.4) is 0 Å². The van der Waals surface area contributed by atoms with E-state index in [4.69, 9.17) is 0 Å². The Morgan fingerprint density at radius 2 is 1.84 bits per heavy atom. The van der Waals surface area contributed by atoms with Crippen LogP contribution in [0.25, 0.3) is 0 Å². The fourth-order valence-corrected chi connectivity index (χ4v) is 2.89. The van der Waals surface area contributed by atoms with Gasteiger partial charge in [-0.2, -0.15) is 0 Å². The molecular formula is C15H27NO3. The van der Waals surface area contributed by atoms with E-state index in [-0.39, 0.29) is 17.4 Å². The zero-order valence-electron chi connectivity index (χ0n) is 12.7. The number of rotatable bonds is 3. The maximum Gasteiger partial charge on any atom is 0.316 e. The van der Waals surface area contributed by atoms with Gasteiger partial charge in [0, 0.05) is 6.04 Å². The summed E-state index contributed by atoms with van der Waals surface area (Å²) in [5.74, 6) is -2.39. The summed E-state index contributed by atoms with van der Waals surface area (Å²) in [6.45, 7) is 9.65. The fourth-order valence-electron chi connectivity index (χ4n) is 2.89. The van der Waals surface area contributed by atoms with E-state index in [0.717, 1.165) is 19.3 Å². The summed E-state index contributed by atoms with van der Waals surface area (Å²) in [6.07, 6.45) is 4.29. The highest BCUT2D eigenvalue weighted by molar-refractivity contribution is 5.97. The second kappa shape index (κ2) is 5.51. The smallest absolute Gasteiger partial charge is 0.316 e. The van der Waals surface area contributed by atoms with Gasteiger partial charge < -0.3 is 10.4 Å². The number of carbonyl (C=O) groups excluding carboxylic acids is 1. The lowest BCUT2D eigenvalue weighted by atomic mass is 9.72. The Labute approximate surface area is 116 Å². The van der Waals surface area contributed by atoms with Crippen LogP contribution in [0.15, 0.2) is 0 Å². The quantitative estimate of drug-likeness (QED) is 0.774. The average molecular weight is 269 g/mol. The predicted octanol–water partition coefficient (Wildman–Crippen LogP) is 2.82. The summed E-state index contributed by atoms with van der Waals surface area (Å²) in [7, 11) is 0. The predicted molar refractivity (Wildman–Crippen MR) is 74.8 cm³/mol. The number of nitrogens with one attached hydrogen (secondary N) is 1. The van der Waals surface area contributed by atoms with Crippen LogP contribution in [0, 0.1) is 16.7 Å². The second-order valence-electron chi connectivity index (χ2n) is 7.43. The van der Waals surface area contributed by atoms with Gasteiger partial charge in [-0.25, -0.2) is 0 Å². The van der Waals surface area contributed by atoms with Crippen molar-refractivity contribution in [1.82, 2.24) is 5.32 Å². The lowest BCUT2D eigenvalue weighted by Gasteiger charge is -2.40. The second-order valence-corrected chi connectivity index (χ2v) is 7.43. The minimum absolute atomic E-state index is 0.0504. The van der Waals surface area contributed by atoms with Gasteiger partial charge in [-0.05, 0) is 23.7 Å². The van der Waals surface area contributed by atoms with Crippen molar-refractivity contribution in [1.29, 1.82) is 0 Å². The molecule has 0 saturated heterocycles. The van der Waals surface area contributed by atoms with Crippen LogP contribution in [-0.2, 0) is 9.59 Å². The van der Waals surface area contributed by atoms with Crippen molar-refractivity contribution >= 4 is 11.9 Å². The third-order valence-electron chi connectivity index (χ3n) is 4.20. The molecule has 1 aliphatic carbocycles. The highest BCUT2D eigenvalue weighted by Crippen LogP contribution is 2.36. The van der Waals surface area contributed by atoms with E-state index in [2.05, 4.69) is 19.2 Å². The summed E-state index contributed by atoms with van der Waals surface area (Å²) in [4.78, 5) is 23.6. The number of hydrogen-bond acceptors (Lipinski definition) is 2. The molecule has 0 spiro atoms. The number of amides is 1. The Kier molecular flexibility index (Phi) is 4.64. The molecular weight excluding hydrogens is 242 g/mol. The van der Waals surface area contributed by atoms with Gasteiger partial charge >= 0.3 is 5.97 Å². The van der Waals surface area contributed by atoms with Gasteiger partial charge in [-0.1, -0.05) is 47.5 Å². The molecule has 1 saturated carbocycles. The van der Waals surface area contributed by atoms with E-state index in [0.29, 0.717) is 0 Å². The van der Waals surface area contributed by atoms with Gasteiger partial charge in [0.15, 0.2) is 0 Å². The SMILES string of the molecule is CC(C)(C)C(C(=O)O)C(=O)NC1CCCCC1(C)C. The number of carboxylic acids is 1. The van der Waals surface area contributed by atoms with Gasteiger partial charge in [0.25, 0.3) is 0 Å². The van der Waals surface area contributed by atoms with E-state index in [1.807, 2.05) is 0 Å². The molecule has 0 radical (unpaired) electrons. The van der Waals surface area contributed by atoms with E-state index in [1.165, 1.54) is 6.42 Å². The number of carbonyl (C=O) groups is 2. The van der Waals surface area contributed by atoms with Crippen molar-refractivity contribution in [2.75, 3.05) is 0 Å². The van der Waals surface area contributed by atoms with Gasteiger partial charge in [-0.3, -0.25) is 9.59 Å². The van der Waals surface area contributed by atoms with E-state index in [1.54, 1.807) is 20.8 Å². The highest BCUT2D eigenvalue weighted by Gasteiger charge is 2.41. The molecule has 1 fully saturated rings. The molecule has 0 aromatic rings. The molecule has 0 bridgehead atoms. The lowest BCUT2D eigenvalue weighted by molar-refractivity contribution is -0.152. The minimum Gasteiger partial charge on any atom is -0.481 e. The first-order valence-corrected chi connectivity index (χ1v) is 7.09. The molecule has 0 heterocycles. The van der Waals surface area contributed by atoms with Crippen molar-refractivity contribution in [3.63, 3.8) is 0 Å². The van der Waals surface area contributed by atoms with Crippen LogP contribution in [0.2, 0.25) is 0 Å². The Morgan fingerprint density at radius 3 is 2.26 bits per heavy atom. The summed E-state index contributed by atoms with van der Waals surface area (Å²) in [5, 5.41) is 12.3. The molecule has 1 amide bonds. The normalized spacial score (nSPS) is 24.6. The number of hydrogen-bond donors (Lipinski definition) is 2. The fraction of sp³-hybridized carbons (Fsp3) is 0.867. The zero-order chi connectivity index (χ0) is 14.8. The van der Waals surface area contributed by atoms with Crippen LogP contribution in [0.1, 0.15) is 60.3 Å². The largest absolute Gasteiger partial charge is 0.481 e. The summed E-state index contributed by atoms with van der Waals surface area (Å²) < 4.78 is 0. The monoisotopic (exact) mass is 269 g/mol. The Bertz CT molecular complexity index is 355. The third kappa shape index (κ3) is 3.95. The average Bonchev–Trinajstić information content (AvgIpc) is 2.18. The molecule has 1 rings (SSSR count). The molecule has 19 heavy (non-hydrogen) atoms. The van der Waals surface area contributed by atoms with Gasteiger partial charge in [0.05, 0.1) is 0 Å². The summed E-state index contributed by atoms with van der Waals surface area (Å²) in [5.41, 5.74) is -0.524. The molecule has 2 atom stereocenters. The molecule has 2 unspecified atom stereocenters. The van der Waals surface area contributed by atoms with Crippen LogP contribution < -0.4 is 5.32 Å². The first-order valence-electron chi connectivity index (χ1n) is 7.09. The maximum absolute atomic E-state index is 12.3. The third-order valence-corrected chi connectivity index (χ3v) is 4.20. The lowest BCUT2D eigenvalue weighted by Crippen LogP contribution is -2.52. The highest BCUT2D eigenvalue weighted by atomic mass is 16.4. The van der Waals surface area contributed by atoms with Gasteiger partial charge in [0.1, 0.15) is 5.92 Å². The van der Waals surface area contributed by atoms with Crippen LogP contribution in [-0.4, -0.2) is 23.0 Å². The standard InChI is InChI=1S/C15H27NO3/c1-14(2,3)11(13(18)19)12(17)16-10-8-6-7-9-15(10,4)5/h10-11H,6-9H2,1-5H3,(H,16,17)(H,18,19). The molecule has 0 aromatic heterocycles. The maximum atomic E-state index is 12.3. The van der Waals surface area contributed by atoms with Crippen molar-refractivity contribution in [3.8, 4) is 0 Å². The molecule has 4 nitrogen and oxygen atoms in total. The van der Waals surface area contributed by atoms with Crippen LogP contribution >= 0.6 is 0 Å². The molecule has 1 aliphatic rings. The topological polar surface area (TPSA) is 66.4 Å². The molecule has 0 aliphatic heterocycles. The Morgan fingerprint density at radius 1 is 1.26 bits per heavy atom. The molecule has 0 aromatic carbocycles. The molecule has 2 N–H and O–H groups in total. The Balaban J connectivity index is 2.80. The number of carboxylic acid groups (broad SMARTS) is 1. The van der Waals surface area contributed by atoms with Crippen molar-refractivity contribution < 1.29 is 14.7 Å². The first kappa shape index (κ1) is 16.0. The molecule has 4 heteroatoms. The van der Waals surface area contributed by atoms with Crippen molar-refractivity contribution in [2.24, 2.45) is 16.7 Å². The van der Waals surface area contributed by atoms with Crippen LogP contribution in [0.5, 0.6) is 0 Å². The summed E-state index contributed by atoms with van der Waals surface area (Å²) in [6, 6.07) is 0.0814. The van der Waals surface area contributed by atoms with Gasteiger partial charge in [-0.15, -0.1) is 0 Å². The molecule has 110 valence electrons.